The summed E-state index contributed by atoms with van der Waals surface area (Å²) in [5.41, 5.74) is 4.04. The van der Waals surface area contributed by atoms with Gasteiger partial charge in [-0.15, -0.1) is 0 Å². The van der Waals surface area contributed by atoms with Crippen molar-refractivity contribution in [2.45, 2.75) is 33.2 Å². The Morgan fingerprint density at radius 2 is 1.84 bits per heavy atom. The van der Waals surface area contributed by atoms with Crippen LogP contribution in [0.5, 0.6) is 0 Å². The van der Waals surface area contributed by atoms with E-state index in [1.54, 1.807) is 6.07 Å². The number of anilines is 1. The molecule has 3 nitrogen and oxygen atoms in total. The van der Waals surface area contributed by atoms with Gasteiger partial charge in [-0.05, 0) is 42.6 Å². The molecule has 0 bridgehead atoms. The van der Waals surface area contributed by atoms with Gasteiger partial charge in [0.1, 0.15) is 0 Å². The molecule has 0 fully saturated rings. The van der Waals surface area contributed by atoms with Gasteiger partial charge in [0.2, 0.25) is 5.91 Å². The molecule has 25 heavy (non-hydrogen) atoms. The van der Waals surface area contributed by atoms with Gasteiger partial charge in [0, 0.05) is 12.2 Å². The topological polar surface area (TPSA) is 32.3 Å². The van der Waals surface area contributed by atoms with Crippen LogP contribution in [0.4, 0.5) is 5.69 Å². The Hall–Kier alpha value is -1.55. The summed E-state index contributed by atoms with van der Waals surface area (Å²) in [6, 6.07) is 11.6. The number of benzene rings is 2. The van der Waals surface area contributed by atoms with Gasteiger partial charge in [-0.25, -0.2) is 0 Å². The summed E-state index contributed by atoms with van der Waals surface area (Å²) < 4.78 is 0. The van der Waals surface area contributed by atoms with E-state index in [0.29, 0.717) is 22.5 Å². The molecule has 0 aromatic heterocycles. The Bertz CT molecular complexity index is 759. The molecule has 0 saturated carbocycles. The van der Waals surface area contributed by atoms with Crippen LogP contribution in [0.2, 0.25) is 10.0 Å². The average molecular weight is 379 g/mol. The minimum atomic E-state index is -0.0446. The summed E-state index contributed by atoms with van der Waals surface area (Å²) >= 11 is 12.3. The maximum Gasteiger partial charge on any atom is 0.238 e. The van der Waals surface area contributed by atoms with Crippen LogP contribution in [0, 0.1) is 6.92 Å². The summed E-state index contributed by atoms with van der Waals surface area (Å²) in [6.07, 6.45) is 0. The van der Waals surface area contributed by atoms with Gasteiger partial charge in [0.15, 0.2) is 0 Å². The van der Waals surface area contributed by atoms with E-state index in [4.69, 9.17) is 23.2 Å². The van der Waals surface area contributed by atoms with E-state index in [2.05, 4.69) is 25.2 Å². The number of carbonyl (C=O) groups excluding carboxylic acids is 1. The second kappa shape index (κ2) is 8.70. The maximum atomic E-state index is 12.5. The molecule has 0 atom stereocenters. The van der Waals surface area contributed by atoms with Crippen molar-refractivity contribution in [3.05, 3.63) is 63.1 Å². The molecule has 134 valence electrons. The monoisotopic (exact) mass is 378 g/mol. The lowest BCUT2D eigenvalue weighted by atomic mass is 9.98. The first kappa shape index (κ1) is 19.8. The van der Waals surface area contributed by atoms with Crippen LogP contribution in [0.25, 0.3) is 0 Å². The molecular formula is C20H24Cl2N2O. The highest BCUT2D eigenvalue weighted by Gasteiger charge is 2.14. The normalized spacial score (nSPS) is 11.2. The lowest BCUT2D eigenvalue weighted by Gasteiger charge is -2.20. The molecule has 0 heterocycles. The first-order valence-corrected chi connectivity index (χ1v) is 9.06. The molecule has 2 aromatic carbocycles. The third-order valence-electron chi connectivity index (χ3n) is 4.08. The highest BCUT2D eigenvalue weighted by molar-refractivity contribution is 6.42. The number of nitrogens with zero attached hydrogens (tertiary/aromatic N) is 1. The van der Waals surface area contributed by atoms with Crippen molar-refractivity contribution < 1.29 is 4.79 Å². The van der Waals surface area contributed by atoms with Crippen LogP contribution in [0.15, 0.2) is 36.4 Å². The van der Waals surface area contributed by atoms with E-state index < -0.39 is 0 Å². The lowest BCUT2D eigenvalue weighted by molar-refractivity contribution is -0.117. The SMILES string of the molecule is Cc1cccc(C(C)C)c1NC(=O)CN(C)Cc1cccc(Cl)c1Cl. The van der Waals surface area contributed by atoms with E-state index in [1.165, 1.54) is 0 Å². The van der Waals surface area contributed by atoms with Gasteiger partial charge in [0.05, 0.1) is 16.6 Å². The Kier molecular flexibility index (Phi) is 6.88. The number of amides is 1. The molecule has 0 radical (unpaired) electrons. The second-order valence-electron chi connectivity index (χ2n) is 6.63. The summed E-state index contributed by atoms with van der Waals surface area (Å²) in [6.45, 7) is 7.08. The molecule has 1 N–H and O–H groups in total. The van der Waals surface area contributed by atoms with Crippen LogP contribution in [-0.2, 0) is 11.3 Å². The zero-order chi connectivity index (χ0) is 18.6. The van der Waals surface area contributed by atoms with Gasteiger partial charge in [-0.3, -0.25) is 9.69 Å². The van der Waals surface area contributed by atoms with Gasteiger partial charge < -0.3 is 5.32 Å². The van der Waals surface area contributed by atoms with Crippen molar-refractivity contribution in [2.75, 3.05) is 18.9 Å². The molecule has 0 unspecified atom stereocenters. The minimum absolute atomic E-state index is 0.0446. The zero-order valence-electron chi connectivity index (χ0n) is 15.1. The molecule has 1 amide bonds. The lowest BCUT2D eigenvalue weighted by Crippen LogP contribution is -2.30. The molecule has 2 rings (SSSR count). The molecule has 0 aliphatic carbocycles. The molecule has 0 aliphatic heterocycles. The van der Waals surface area contributed by atoms with E-state index in [-0.39, 0.29) is 12.5 Å². The number of halogens is 2. The smallest absolute Gasteiger partial charge is 0.238 e. The first-order valence-electron chi connectivity index (χ1n) is 8.30. The number of carbonyl (C=O) groups is 1. The predicted molar refractivity (Wildman–Crippen MR) is 107 cm³/mol. The second-order valence-corrected chi connectivity index (χ2v) is 7.41. The predicted octanol–water partition coefficient (Wildman–Crippen LogP) is 5.50. The van der Waals surface area contributed by atoms with Crippen molar-refractivity contribution in [1.29, 1.82) is 0 Å². The Morgan fingerprint density at radius 3 is 2.52 bits per heavy atom. The molecule has 0 aliphatic rings. The van der Waals surface area contributed by atoms with Gasteiger partial charge >= 0.3 is 0 Å². The van der Waals surface area contributed by atoms with Crippen molar-refractivity contribution in [1.82, 2.24) is 4.90 Å². The zero-order valence-corrected chi connectivity index (χ0v) is 16.6. The van der Waals surface area contributed by atoms with Crippen LogP contribution in [-0.4, -0.2) is 24.4 Å². The van der Waals surface area contributed by atoms with Crippen molar-refractivity contribution in [3.8, 4) is 0 Å². The third kappa shape index (κ3) is 5.21. The van der Waals surface area contributed by atoms with Gasteiger partial charge in [0.25, 0.3) is 0 Å². The Labute approximate surface area is 159 Å². The fourth-order valence-corrected chi connectivity index (χ4v) is 3.16. The largest absolute Gasteiger partial charge is 0.324 e. The first-order chi connectivity index (χ1) is 11.8. The number of para-hydroxylation sites is 1. The summed E-state index contributed by atoms with van der Waals surface area (Å²) in [4.78, 5) is 14.4. The van der Waals surface area contributed by atoms with E-state index in [9.17, 15) is 4.79 Å². The van der Waals surface area contributed by atoms with Crippen molar-refractivity contribution in [2.24, 2.45) is 0 Å². The Balaban J connectivity index is 2.04. The average Bonchev–Trinajstić information content (AvgIpc) is 2.53. The standard InChI is InChI=1S/C20H24Cl2N2O/c1-13(2)16-9-5-7-14(3)20(16)23-18(25)12-24(4)11-15-8-6-10-17(21)19(15)22/h5-10,13H,11-12H2,1-4H3,(H,23,25). The highest BCUT2D eigenvalue weighted by atomic mass is 35.5. The number of hydrogen-bond donors (Lipinski definition) is 1. The Morgan fingerprint density at radius 1 is 1.16 bits per heavy atom. The van der Waals surface area contributed by atoms with E-state index in [0.717, 1.165) is 22.4 Å². The quantitative estimate of drug-likeness (QED) is 0.719. The number of nitrogens with one attached hydrogen (secondary N) is 1. The van der Waals surface area contributed by atoms with Gasteiger partial charge in [-0.2, -0.15) is 0 Å². The minimum Gasteiger partial charge on any atom is -0.324 e. The fraction of sp³-hybridized carbons (Fsp3) is 0.350. The highest BCUT2D eigenvalue weighted by Crippen LogP contribution is 2.28. The molecule has 5 heteroatoms. The fourth-order valence-electron chi connectivity index (χ4n) is 2.78. The van der Waals surface area contributed by atoms with Crippen molar-refractivity contribution in [3.63, 3.8) is 0 Å². The van der Waals surface area contributed by atoms with Crippen LogP contribution >= 0.6 is 23.2 Å². The van der Waals surface area contributed by atoms with Crippen LogP contribution in [0.1, 0.15) is 36.5 Å². The molecular weight excluding hydrogens is 355 g/mol. The summed E-state index contributed by atoms with van der Waals surface area (Å²) in [5.74, 6) is 0.301. The number of rotatable bonds is 6. The summed E-state index contributed by atoms with van der Waals surface area (Å²) in [7, 11) is 1.89. The third-order valence-corrected chi connectivity index (χ3v) is 4.93. The summed E-state index contributed by atoms with van der Waals surface area (Å²) in [5, 5.41) is 4.13. The van der Waals surface area contributed by atoms with E-state index in [1.807, 2.05) is 43.1 Å². The van der Waals surface area contributed by atoms with Gasteiger partial charge in [-0.1, -0.05) is 67.4 Å². The van der Waals surface area contributed by atoms with E-state index >= 15 is 0 Å². The van der Waals surface area contributed by atoms with Crippen molar-refractivity contribution >= 4 is 34.8 Å². The maximum absolute atomic E-state index is 12.5. The molecule has 0 spiro atoms. The number of aryl methyl sites for hydroxylation is 1. The molecule has 0 saturated heterocycles. The number of hydrogen-bond acceptors (Lipinski definition) is 2. The number of likely N-dealkylation sites (N-methyl/N-ethyl adjacent to an activating group) is 1. The van der Waals surface area contributed by atoms with Crippen LogP contribution in [0.3, 0.4) is 0 Å². The molecule has 2 aromatic rings. The van der Waals surface area contributed by atoms with Crippen LogP contribution < -0.4 is 5.32 Å².